The van der Waals surface area contributed by atoms with Crippen LogP contribution in [0.5, 0.6) is 0 Å². The third kappa shape index (κ3) is 6.50. The van der Waals surface area contributed by atoms with Crippen LogP contribution in [0.4, 0.5) is 5.69 Å². The molecule has 10 heteroatoms. The number of anilines is 1. The van der Waals surface area contributed by atoms with Crippen molar-refractivity contribution < 1.29 is 9.59 Å². The van der Waals surface area contributed by atoms with E-state index in [1.54, 1.807) is 16.7 Å². The Kier molecular flexibility index (Phi) is 8.40. The summed E-state index contributed by atoms with van der Waals surface area (Å²) in [5.41, 5.74) is 2.23. The Morgan fingerprint density at radius 3 is 2.52 bits per heavy atom. The number of aromatic nitrogens is 3. The molecule has 3 aromatic rings. The molecule has 0 aliphatic carbocycles. The first-order valence-electron chi connectivity index (χ1n) is 10.3. The first-order valence-corrected chi connectivity index (χ1v) is 12.0. The van der Waals surface area contributed by atoms with Crippen LogP contribution in [-0.2, 0) is 11.8 Å². The number of nitrogens with one attached hydrogen (secondary N) is 2. The van der Waals surface area contributed by atoms with Crippen molar-refractivity contribution in [1.29, 1.82) is 0 Å². The summed E-state index contributed by atoms with van der Waals surface area (Å²) in [7, 11) is 1.82. The number of hydrogen-bond donors (Lipinski definition) is 2. The molecule has 0 bridgehead atoms. The van der Waals surface area contributed by atoms with Crippen LogP contribution >= 0.6 is 35.0 Å². The van der Waals surface area contributed by atoms with Gasteiger partial charge in [-0.15, -0.1) is 10.2 Å². The van der Waals surface area contributed by atoms with Crippen molar-refractivity contribution in [2.75, 3.05) is 11.1 Å². The van der Waals surface area contributed by atoms with Gasteiger partial charge in [-0.25, -0.2) is 0 Å². The predicted molar refractivity (Wildman–Crippen MR) is 133 cm³/mol. The molecule has 0 saturated carbocycles. The highest BCUT2D eigenvalue weighted by Crippen LogP contribution is 2.26. The van der Waals surface area contributed by atoms with Gasteiger partial charge in [-0.05, 0) is 48.7 Å². The maximum absolute atomic E-state index is 12.8. The van der Waals surface area contributed by atoms with E-state index in [9.17, 15) is 9.59 Å². The highest BCUT2D eigenvalue weighted by molar-refractivity contribution is 7.99. The minimum atomic E-state index is -0.389. The molecule has 0 unspecified atom stereocenters. The van der Waals surface area contributed by atoms with Crippen molar-refractivity contribution in [2.24, 2.45) is 13.0 Å². The lowest BCUT2D eigenvalue weighted by Crippen LogP contribution is -2.33. The third-order valence-electron chi connectivity index (χ3n) is 4.92. The van der Waals surface area contributed by atoms with Gasteiger partial charge in [0, 0.05) is 18.3 Å². The van der Waals surface area contributed by atoms with Crippen molar-refractivity contribution in [2.45, 2.75) is 32.0 Å². The molecule has 1 aromatic heterocycles. The lowest BCUT2D eigenvalue weighted by Gasteiger charge is -2.22. The van der Waals surface area contributed by atoms with Gasteiger partial charge < -0.3 is 15.2 Å². The molecule has 0 spiro atoms. The van der Waals surface area contributed by atoms with E-state index >= 15 is 0 Å². The van der Waals surface area contributed by atoms with Crippen LogP contribution in [0, 0.1) is 12.8 Å². The first-order chi connectivity index (χ1) is 15.7. The van der Waals surface area contributed by atoms with Crippen molar-refractivity contribution in [3.05, 3.63) is 69.5 Å². The van der Waals surface area contributed by atoms with Gasteiger partial charge in [-0.3, -0.25) is 9.59 Å². The highest BCUT2D eigenvalue weighted by atomic mass is 35.5. The molecule has 2 N–H and O–H groups in total. The van der Waals surface area contributed by atoms with Crippen LogP contribution in [-0.4, -0.2) is 32.3 Å². The summed E-state index contributed by atoms with van der Waals surface area (Å²) in [6.45, 7) is 5.93. The number of amides is 2. The summed E-state index contributed by atoms with van der Waals surface area (Å²) < 4.78 is 1.80. The lowest BCUT2D eigenvalue weighted by atomic mass is 10.0. The number of halogens is 2. The maximum Gasteiger partial charge on any atom is 0.251 e. The van der Waals surface area contributed by atoms with Gasteiger partial charge in [0.15, 0.2) is 11.0 Å². The molecular weight excluding hydrogens is 481 g/mol. The summed E-state index contributed by atoms with van der Waals surface area (Å²) in [6.07, 6.45) is 0. The normalized spacial score (nSPS) is 12.0. The van der Waals surface area contributed by atoms with Crippen molar-refractivity contribution in [3.8, 4) is 0 Å². The minimum Gasteiger partial charge on any atom is -0.342 e. The smallest absolute Gasteiger partial charge is 0.251 e. The summed E-state index contributed by atoms with van der Waals surface area (Å²) in [5.74, 6) is 0.398. The quantitative estimate of drug-likeness (QED) is 0.406. The molecule has 0 aliphatic heterocycles. The molecular formula is C23H25Cl2N5O2S. The standard InChI is InChI=1S/C23H25Cl2N5O2S/c1-13(2)20(27-22(32)15-8-9-17(24)18(25)11-15)21-28-29-23(30(21)4)33-12-19(31)26-16-7-5-6-14(3)10-16/h5-11,13,20H,12H2,1-4H3,(H,26,31)(H,27,32)/t20-/m0/s1. The monoisotopic (exact) mass is 505 g/mol. The van der Waals surface area contributed by atoms with Gasteiger partial charge >= 0.3 is 0 Å². The molecule has 0 aliphatic rings. The molecule has 0 radical (unpaired) electrons. The molecule has 7 nitrogen and oxygen atoms in total. The van der Waals surface area contributed by atoms with Crippen LogP contribution < -0.4 is 10.6 Å². The van der Waals surface area contributed by atoms with Gasteiger partial charge in [0.1, 0.15) is 0 Å². The Balaban J connectivity index is 1.67. The zero-order chi connectivity index (χ0) is 24.1. The fourth-order valence-electron chi connectivity index (χ4n) is 3.16. The van der Waals surface area contributed by atoms with E-state index in [1.165, 1.54) is 17.8 Å². The van der Waals surface area contributed by atoms with E-state index in [0.717, 1.165) is 11.3 Å². The summed E-state index contributed by atoms with van der Waals surface area (Å²) in [5, 5.41) is 15.7. The molecule has 1 heterocycles. The SMILES string of the molecule is Cc1cccc(NC(=O)CSc2nnc([C@@H](NC(=O)c3ccc(Cl)c(Cl)c3)C(C)C)n2C)c1. The van der Waals surface area contributed by atoms with Crippen molar-refractivity contribution in [3.63, 3.8) is 0 Å². The van der Waals surface area contributed by atoms with Crippen LogP contribution in [0.15, 0.2) is 47.6 Å². The second-order valence-corrected chi connectivity index (χ2v) is 9.69. The molecule has 1 atom stereocenters. The predicted octanol–water partition coefficient (Wildman–Crippen LogP) is 5.29. The van der Waals surface area contributed by atoms with E-state index < -0.39 is 0 Å². The summed E-state index contributed by atoms with van der Waals surface area (Å²) in [6, 6.07) is 12.0. The molecule has 0 saturated heterocycles. The van der Waals surface area contributed by atoms with Crippen LogP contribution in [0.25, 0.3) is 0 Å². The number of carbonyl (C=O) groups excluding carboxylic acids is 2. The van der Waals surface area contributed by atoms with Crippen LogP contribution in [0.1, 0.15) is 41.6 Å². The topological polar surface area (TPSA) is 88.9 Å². The molecule has 0 fully saturated rings. The number of thioether (sulfide) groups is 1. The van der Waals surface area contributed by atoms with Gasteiger partial charge in [0.2, 0.25) is 5.91 Å². The second kappa shape index (κ2) is 11.0. The second-order valence-electron chi connectivity index (χ2n) is 7.93. The van der Waals surface area contributed by atoms with Gasteiger partial charge in [-0.2, -0.15) is 0 Å². The Morgan fingerprint density at radius 2 is 1.85 bits per heavy atom. The zero-order valence-corrected chi connectivity index (χ0v) is 21.1. The Bertz CT molecular complexity index is 1170. The van der Waals surface area contributed by atoms with Crippen molar-refractivity contribution in [1.82, 2.24) is 20.1 Å². The van der Waals surface area contributed by atoms with E-state index in [4.69, 9.17) is 23.2 Å². The van der Waals surface area contributed by atoms with Crippen LogP contribution in [0.3, 0.4) is 0 Å². The van der Waals surface area contributed by atoms with E-state index in [2.05, 4.69) is 20.8 Å². The maximum atomic E-state index is 12.8. The average molecular weight is 506 g/mol. The molecule has 2 amide bonds. The lowest BCUT2D eigenvalue weighted by molar-refractivity contribution is -0.113. The van der Waals surface area contributed by atoms with Gasteiger partial charge in [0.25, 0.3) is 5.91 Å². The average Bonchev–Trinajstić information content (AvgIpc) is 3.12. The van der Waals surface area contributed by atoms with E-state index in [-0.39, 0.29) is 29.5 Å². The summed E-state index contributed by atoms with van der Waals surface area (Å²) in [4.78, 5) is 25.1. The fourth-order valence-corrected chi connectivity index (χ4v) is 4.18. The van der Waals surface area contributed by atoms with Crippen LogP contribution in [0.2, 0.25) is 10.0 Å². The Labute approximate surface area is 207 Å². The van der Waals surface area contributed by atoms with E-state index in [1.807, 2.05) is 52.1 Å². The number of benzene rings is 2. The van der Waals surface area contributed by atoms with E-state index in [0.29, 0.717) is 26.6 Å². The first kappa shape index (κ1) is 25.1. The van der Waals surface area contributed by atoms with Gasteiger partial charge in [0.05, 0.1) is 21.8 Å². The third-order valence-corrected chi connectivity index (χ3v) is 6.68. The fraction of sp³-hybridized carbons (Fsp3) is 0.304. The highest BCUT2D eigenvalue weighted by Gasteiger charge is 2.25. The molecule has 3 rings (SSSR count). The minimum absolute atomic E-state index is 0.0436. The molecule has 174 valence electrons. The molecule has 33 heavy (non-hydrogen) atoms. The van der Waals surface area contributed by atoms with Gasteiger partial charge in [-0.1, -0.05) is 60.9 Å². The zero-order valence-electron chi connectivity index (χ0n) is 18.7. The number of aryl methyl sites for hydroxylation is 1. The number of carbonyl (C=O) groups is 2. The Hall–Kier alpha value is -2.55. The summed E-state index contributed by atoms with van der Waals surface area (Å²) >= 11 is 13.3. The number of nitrogens with zero attached hydrogens (tertiary/aromatic N) is 3. The number of hydrogen-bond acceptors (Lipinski definition) is 5. The van der Waals surface area contributed by atoms with Crippen molar-refractivity contribution >= 4 is 52.5 Å². The molecule has 2 aromatic carbocycles. The largest absolute Gasteiger partial charge is 0.342 e. The number of rotatable bonds is 8. The Morgan fingerprint density at radius 1 is 1.09 bits per heavy atom.